The fourth-order valence-electron chi connectivity index (χ4n) is 1.47. The maximum absolute atomic E-state index is 11.8. The molecule has 102 valence electrons. The first-order valence-corrected chi connectivity index (χ1v) is 7.43. The highest BCUT2D eigenvalue weighted by Gasteiger charge is 2.29. The first kappa shape index (κ1) is 15.7. The molecule has 0 amide bonds. The smallest absolute Gasteiger partial charge is 0.195 e. The van der Waals surface area contributed by atoms with Crippen molar-refractivity contribution in [3.63, 3.8) is 0 Å². The second-order valence-electron chi connectivity index (χ2n) is 4.64. The van der Waals surface area contributed by atoms with Crippen LogP contribution in [0.5, 0.6) is 0 Å². The molecule has 0 aliphatic heterocycles. The van der Waals surface area contributed by atoms with Gasteiger partial charge in [-0.2, -0.15) is 17.4 Å². The fourth-order valence-corrected chi connectivity index (χ4v) is 3.05. The second kappa shape index (κ2) is 5.35. The summed E-state index contributed by atoms with van der Waals surface area (Å²) in [5, 5.41) is 0.934. The van der Waals surface area contributed by atoms with Crippen molar-refractivity contribution in [2.24, 2.45) is 0 Å². The quantitative estimate of drug-likeness (QED) is 0.929. The monoisotopic (exact) mass is 310 g/mol. The van der Waals surface area contributed by atoms with Gasteiger partial charge in [0, 0.05) is 24.1 Å². The molecule has 0 spiro atoms. The summed E-state index contributed by atoms with van der Waals surface area (Å²) in [6.45, 7) is 3.48. The largest absolute Gasteiger partial charge is 0.279 e. The van der Waals surface area contributed by atoms with E-state index >= 15 is 0 Å². The predicted molar refractivity (Wildman–Crippen MR) is 75.2 cm³/mol. The van der Waals surface area contributed by atoms with Gasteiger partial charge in [0.15, 0.2) is 0 Å². The molecule has 0 aliphatic rings. The van der Waals surface area contributed by atoms with Gasteiger partial charge in [-0.05, 0) is 31.5 Å². The Balaban J connectivity index is 3.14. The zero-order valence-electron chi connectivity index (χ0n) is 10.7. The summed E-state index contributed by atoms with van der Waals surface area (Å²) in [4.78, 5) is 0. The molecular weight excluding hydrogens is 295 g/mol. The lowest BCUT2D eigenvalue weighted by Gasteiger charge is -2.29. The Labute approximate surface area is 118 Å². The van der Waals surface area contributed by atoms with E-state index in [0.29, 0.717) is 15.6 Å². The highest BCUT2D eigenvalue weighted by Crippen LogP contribution is 2.30. The van der Waals surface area contributed by atoms with Crippen LogP contribution < -0.4 is 4.72 Å². The van der Waals surface area contributed by atoms with E-state index in [0.717, 1.165) is 4.31 Å². The molecule has 0 bridgehead atoms. The highest BCUT2D eigenvalue weighted by molar-refractivity contribution is 7.87. The van der Waals surface area contributed by atoms with E-state index in [-0.39, 0.29) is 0 Å². The lowest BCUT2D eigenvalue weighted by atomic mass is 9.96. The van der Waals surface area contributed by atoms with E-state index in [1.807, 2.05) is 0 Å². The van der Waals surface area contributed by atoms with Gasteiger partial charge in [-0.3, -0.25) is 0 Å². The molecular formula is C11H16Cl2N2O2S. The molecule has 0 fully saturated rings. The number of nitrogens with zero attached hydrogens (tertiary/aromatic N) is 1. The minimum Gasteiger partial charge on any atom is -0.195 e. The Kier molecular flexibility index (Phi) is 4.67. The van der Waals surface area contributed by atoms with E-state index in [9.17, 15) is 8.42 Å². The molecule has 0 saturated carbocycles. The zero-order valence-corrected chi connectivity index (χ0v) is 13.0. The highest BCUT2D eigenvalue weighted by atomic mass is 35.5. The van der Waals surface area contributed by atoms with E-state index in [4.69, 9.17) is 23.2 Å². The van der Waals surface area contributed by atoms with Crippen molar-refractivity contribution in [2.45, 2.75) is 19.4 Å². The van der Waals surface area contributed by atoms with Crippen LogP contribution in [0, 0.1) is 0 Å². The summed E-state index contributed by atoms with van der Waals surface area (Å²) in [6, 6.07) is 4.97. The van der Waals surface area contributed by atoms with E-state index in [1.165, 1.54) is 14.1 Å². The van der Waals surface area contributed by atoms with Gasteiger partial charge in [-0.15, -0.1) is 0 Å². The van der Waals surface area contributed by atoms with Crippen molar-refractivity contribution < 1.29 is 8.42 Å². The Hall–Kier alpha value is -0.330. The summed E-state index contributed by atoms with van der Waals surface area (Å²) >= 11 is 11.9. The van der Waals surface area contributed by atoms with Crippen LogP contribution >= 0.6 is 23.2 Å². The average Bonchev–Trinajstić information content (AvgIpc) is 2.14. The molecule has 0 aromatic heterocycles. The molecule has 4 nitrogen and oxygen atoms in total. The summed E-state index contributed by atoms with van der Waals surface area (Å²) in [7, 11) is -0.619. The number of halogens is 2. The number of benzene rings is 1. The third kappa shape index (κ3) is 3.59. The van der Waals surface area contributed by atoms with Gasteiger partial charge in [-0.1, -0.05) is 29.3 Å². The second-order valence-corrected chi connectivity index (χ2v) is 7.37. The molecule has 0 unspecified atom stereocenters. The fraction of sp³-hybridized carbons (Fsp3) is 0.455. The van der Waals surface area contributed by atoms with Crippen LogP contribution in [0.3, 0.4) is 0 Å². The van der Waals surface area contributed by atoms with Crippen LogP contribution in [-0.2, 0) is 15.7 Å². The van der Waals surface area contributed by atoms with Crippen LogP contribution in [0.2, 0.25) is 10.0 Å². The maximum Gasteiger partial charge on any atom is 0.279 e. The SMILES string of the molecule is CN(C)S(=O)(=O)NC(C)(C)c1ccc(Cl)cc1Cl. The first-order chi connectivity index (χ1) is 8.06. The van der Waals surface area contributed by atoms with Gasteiger partial charge in [0.05, 0.1) is 5.54 Å². The molecule has 1 rings (SSSR count). The molecule has 0 saturated heterocycles. The van der Waals surface area contributed by atoms with Gasteiger partial charge in [0.1, 0.15) is 0 Å². The summed E-state index contributed by atoms with van der Waals surface area (Å²) in [5.41, 5.74) is -0.163. The topological polar surface area (TPSA) is 49.4 Å². The first-order valence-electron chi connectivity index (χ1n) is 5.23. The summed E-state index contributed by atoms with van der Waals surface area (Å²) in [6.07, 6.45) is 0. The van der Waals surface area contributed by atoms with Gasteiger partial charge in [0.25, 0.3) is 10.2 Å². The van der Waals surface area contributed by atoms with Crippen LogP contribution in [0.1, 0.15) is 19.4 Å². The van der Waals surface area contributed by atoms with E-state index < -0.39 is 15.7 Å². The van der Waals surface area contributed by atoms with Crippen molar-refractivity contribution in [1.82, 2.24) is 9.03 Å². The maximum atomic E-state index is 11.8. The normalized spacial score (nSPS) is 13.1. The molecule has 0 atom stereocenters. The minimum absolute atomic E-state index is 0.425. The number of rotatable bonds is 4. The predicted octanol–water partition coefficient (Wildman–Crippen LogP) is 2.62. The van der Waals surface area contributed by atoms with Crippen molar-refractivity contribution in [3.05, 3.63) is 33.8 Å². The molecule has 7 heteroatoms. The average molecular weight is 311 g/mol. The van der Waals surface area contributed by atoms with Gasteiger partial charge < -0.3 is 0 Å². The Morgan fingerprint density at radius 2 is 1.78 bits per heavy atom. The van der Waals surface area contributed by atoms with Crippen LogP contribution in [0.4, 0.5) is 0 Å². The van der Waals surface area contributed by atoms with Gasteiger partial charge >= 0.3 is 0 Å². The summed E-state index contributed by atoms with van der Waals surface area (Å²) < 4.78 is 27.4. The van der Waals surface area contributed by atoms with E-state index in [2.05, 4.69) is 4.72 Å². The molecule has 1 aromatic carbocycles. The molecule has 0 aliphatic carbocycles. The molecule has 1 N–H and O–H groups in total. The van der Waals surface area contributed by atoms with Crippen molar-refractivity contribution in [3.8, 4) is 0 Å². The Bertz CT molecular complexity index is 542. The van der Waals surface area contributed by atoms with Gasteiger partial charge in [0.2, 0.25) is 0 Å². The minimum atomic E-state index is -3.54. The molecule has 0 heterocycles. The Morgan fingerprint density at radius 1 is 1.22 bits per heavy atom. The lowest BCUT2D eigenvalue weighted by molar-refractivity contribution is 0.437. The van der Waals surface area contributed by atoms with Crippen molar-refractivity contribution in [1.29, 1.82) is 0 Å². The van der Waals surface area contributed by atoms with Crippen molar-refractivity contribution >= 4 is 33.4 Å². The third-order valence-corrected chi connectivity index (χ3v) is 4.75. The number of hydrogen-bond donors (Lipinski definition) is 1. The van der Waals surface area contributed by atoms with Crippen LogP contribution in [0.15, 0.2) is 18.2 Å². The number of hydrogen-bond acceptors (Lipinski definition) is 2. The van der Waals surface area contributed by atoms with Crippen molar-refractivity contribution in [2.75, 3.05) is 14.1 Å². The summed E-state index contributed by atoms with van der Waals surface area (Å²) in [5.74, 6) is 0. The van der Waals surface area contributed by atoms with Gasteiger partial charge in [-0.25, -0.2) is 0 Å². The molecule has 18 heavy (non-hydrogen) atoms. The zero-order chi connectivity index (χ0) is 14.1. The van der Waals surface area contributed by atoms with E-state index in [1.54, 1.807) is 32.0 Å². The van der Waals surface area contributed by atoms with Crippen LogP contribution in [-0.4, -0.2) is 26.8 Å². The molecule has 0 radical (unpaired) electrons. The number of nitrogens with one attached hydrogen (secondary N) is 1. The molecule has 1 aromatic rings. The Morgan fingerprint density at radius 3 is 2.22 bits per heavy atom. The van der Waals surface area contributed by atoms with Crippen LogP contribution in [0.25, 0.3) is 0 Å². The lowest BCUT2D eigenvalue weighted by Crippen LogP contribution is -2.46. The standard InChI is InChI=1S/C11H16Cl2N2O2S/c1-11(2,14-18(16,17)15(3)4)9-6-5-8(12)7-10(9)13/h5-7,14H,1-4H3. The third-order valence-electron chi connectivity index (χ3n) is 2.47.